The number of alkyl carbamates (subject to hydrolysis) is 1. The van der Waals surface area contributed by atoms with Gasteiger partial charge in [-0.3, -0.25) is 0 Å². The van der Waals surface area contributed by atoms with Gasteiger partial charge in [-0.15, -0.1) is 0 Å². The van der Waals surface area contributed by atoms with E-state index >= 15 is 0 Å². The monoisotopic (exact) mass is 212 g/mol. The van der Waals surface area contributed by atoms with Crippen LogP contribution in [0.4, 0.5) is 4.79 Å². The largest absolute Gasteiger partial charge is 0.444 e. The minimum Gasteiger partial charge on any atom is -0.444 e. The van der Waals surface area contributed by atoms with Gasteiger partial charge in [0, 0.05) is 0 Å². The maximum Gasteiger partial charge on any atom is 0.408 e. The minimum absolute atomic E-state index is 0.300. The fourth-order valence-electron chi connectivity index (χ4n) is 0.868. The van der Waals surface area contributed by atoms with Crippen LogP contribution in [0.2, 0.25) is 0 Å². The molecule has 0 bridgehead atoms. The third kappa shape index (κ3) is 5.95. The predicted molar refractivity (Wildman–Crippen MR) is 58.2 cm³/mol. The summed E-state index contributed by atoms with van der Waals surface area (Å²) in [5.74, 6) is 0. The molecular weight excluding hydrogens is 192 g/mol. The molecule has 4 heteroatoms. The molecule has 0 spiro atoms. The molecule has 86 valence electrons. The van der Waals surface area contributed by atoms with E-state index in [-0.39, 0.29) is 5.41 Å². The molecule has 0 aliphatic heterocycles. The van der Waals surface area contributed by atoms with E-state index in [1.807, 2.05) is 26.8 Å². The summed E-state index contributed by atoms with van der Waals surface area (Å²) in [6, 6.07) is 1.50. The summed E-state index contributed by atoms with van der Waals surface area (Å²) in [4.78, 5) is 11.4. The first-order valence-corrected chi connectivity index (χ1v) is 4.95. The third-order valence-corrected chi connectivity index (χ3v) is 1.66. The van der Waals surface area contributed by atoms with Crippen molar-refractivity contribution in [1.82, 2.24) is 5.32 Å². The van der Waals surface area contributed by atoms with Crippen molar-refractivity contribution < 1.29 is 9.53 Å². The standard InChI is InChI=1S/C11H20N2O2/c1-10(2,3)8(7-12)13-9(14)15-11(4,5)6/h8H,1-6H3,(H,13,14)/t8-/m0/s1. The fourth-order valence-corrected chi connectivity index (χ4v) is 0.868. The lowest BCUT2D eigenvalue weighted by Gasteiger charge is -2.27. The Labute approximate surface area is 91.6 Å². The van der Waals surface area contributed by atoms with E-state index in [9.17, 15) is 4.79 Å². The van der Waals surface area contributed by atoms with Crippen LogP contribution in [0.15, 0.2) is 0 Å². The van der Waals surface area contributed by atoms with Crippen LogP contribution in [-0.4, -0.2) is 17.7 Å². The molecule has 15 heavy (non-hydrogen) atoms. The van der Waals surface area contributed by atoms with Crippen molar-refractivity contribution in [3.63, 3.8) is 0 Å². The molecule has 1 N–H and O–H groups in total. The number of hydrogen-bond donors (Lipinski definition) is 1. The molecule has 0 saturated carbocycles. The van der Waals surface area contributed by atoms with Gasteiger partial charge < -0.3 is 10.1 Å². The number of hydrogen-bond acceptors (Lipinski definition) is 3. The summed E-state index contributed by atoms with van der Waals surface area (Å²) in [6.07, 6.45) is -0.552. The van der Waals surface area contributed by atoms with E-state index < -0.39 is 17.7 Å². The Kier molecular flexibility index (Phi) is 4.15. The second kappa shape index (κ2) is 4.52. The molecule has 0 aromatic heterocycles. The van der Waals surface area contributed by atoms with Crippen LogP contribution in [0.1, 0.15) is 41.5 Å². The summed E-state index contributed by atoms with van der Waals surface area (Å²) in [5, 5.41) is 11.4. The highest BCUT2D eigenvalue weighted by Gasteiger charge is 2.27. The van der Waals surface area contributed by atoms with Crippen LogP contribution in [0.25, 0.3) is 0 Å². The first-order valence-electron chi connectivity index (χ1n) is 4.95. The molecule has 0 aromatic rings. The summed E-state index contributed by atoms with van der Waals surface area (Å²) in [7, 11) is 0. The third-order valence-electron chi connectivity index (χ3n) is 1.66. The summed E-state index contributed by atoms with van der Waals surface area (Å²) in [6.45, 7) is 11.0. The van der Waals surface area contributed by atoms with E-state index in [4.69, 9.17) is 10.00 Å². The van der Waals surface area contributed by atoms with Crippen molar-refractivity contribution in [3.05, 3.63) is 0 Å². The zero-order chi connectivity index (χ0) is 12.3. The van der Waals surface area contributed by atoms with Gasteiger partial charge in [-0.25, -0.2) is 4.79 Å². The number of carbonyl (C=O) groups excluding carboxylic acids is 1. The summed E-state index contributed by atoms with van der Waals surface area (Å²) >= 11 is 0. The highest BCUT2D eigenvalue weighted by molar-refractivity contribution is 5.68. The number of nitrogens with zero attached hydrogens (tertiary/aromatic N) is 1. The van der Waals surface area contributed by atoms with Gasteiger partial charge in [0.1, 0.15) is 11.6 Å². The van der Waals surface area contributed by atoms with Gasteiger partial charge in [-0.05, 0) is 26.2 Å². The fraction of sp³-hybridized carbons (Fsp3) is 0.818. The van der Waals surface area contributed by atoms with E-state index in [1.54, 1.807) is 20.8 Å². The van der Waals surface area contributed by atoms with Crippen LogP contribution in [-0.2, 0) is 4.74 Å². The number of nitrogens with one attached hydrogen (secondary N) is 1. The summed E-state index contributed by atoms with van der Waals surface area (Å²) < 4.78 is 5.06. The highest BCUT2D eigenvalue weighted by Crippen LogP contribution is 2.19. The SMILES string of the molecule is CC(C)(C)OC(=O)N[C@@H](C#N)C(C)(C)C. The van der Waals surface area contributed by atoms with Crippen molar-refractivity contribution in [2.75, 3.05) is 0 Å². The Morgan fingerprint density at radius 2 is 1.73 bits per heavy atom. The first kappa shape index (κ1) is 13.8. The lowest BCUT2D eigenvalue weighted by Crippen LogP contribution is -2.44. The molecule has 1 amide bonds. The van der Waals surface area contributed by atoms with Crippen LogP contribution in [0, 0.1) is 16.7 Å². The van der Waals surface area contributed by atoms with Crippen molar-refractivity contribution in [2.45, 2.75) is 53.2 Å². The molecule has 1 atom stereocenters. The quantitative estimate of drug-likeness (QED) is 0.726. The molecule has 0 aromatic carbocycles. The Hall–Kier alpha value is -1.24. The number of ether oxygens (including phenoxy) is 1. The van der Waals surface area contributed by atoms with Crippen molar-refractivity contribution >= 4 is 6.09 Å². The molecule has 4 nitrogen and oxygen atoms in total. The molecule has 0 rings (SSSR count). The Morgan fingerprint density at radius 3 is 2.00 bits per heavy atom. The first-order chi connectivity index (χ1) is 6.56. The van der Waals surface area contributed by atoms with Crippen LogP contribution >= 0.6 is 0 Å². The number of amides is 1. The smallest absolute Gasteiger partial charge is 0.408 e. The molecule has 0 radical (unpaired) electrons. The van der Waals surface area contributed by atoms with E-state index in [0.29, 0.717) is 0 Å². The molecule has 0 aliphatic rings. The van der Waals surface area contributed by atoms with Gasteiger partial charge in [0.25, 0.3) is 0 Å². The summed E-state index contributed by atoms with van der Waals surface area (Å²) in [5.41, 5.74) is -0.840. The van der Waals surface area contributed by atoms with Gasteiger partial charge in [0.2, 0.25) is 0 Å². The molecule has 0 unspecified atom stereocenters. The van der Waals surface area contributed by atoms with Gasteiger partial charge in [-0.1, -0.05) is 20.8 Å². The average Bonchev–Trinajstić information content (AvgIpc) is 1.94. The van der Waals surface area contributed by atoms with E-state index in [1.165, 1.54) is 0 Å². The normalized spacial score (nSPS) is 13.9. The molecule has 0 fully saturated rings. The van der Waals surface area contributed by atoms with Crippen LogP contribution in [0.3, 0.4) is 0 Å². The number of carbonyl (C=O) groups is 1. The van der Waals surface area contributed by atoms with Crippen molar-refractivity contribution in [1.29, 1.82) is 5.26 Å². The van der Waals surface area contributed by atoms with Crippen molar-refractivity contribution in [3.8, 4) is 6.07 Å². The number of rotatable bonds is 1. The van der Waals surface area contributed by atoms with Crippen LogP contribution in [0.5, 0.6) is 0 Å². The topological polar surface area (TPSA) is 62.1 Å². The maximum absolute atomic E-state index is 11.4. The van der Waals surface area contributed by atoms with Crippen LogP contribution < -0.4 is 5.32 Å². The molecular formula is C11H20N2O2. The number of nitriles is 1. The van der Waals surface area contributed by atoms with E-state index in [0.717, 1.165) is 0 Å². The van der Waals surface area contributed by atoms with Gasteiger partial charge in [0.15, 0.2) is 0 Å². The molecule has 0 heterocycles. The van der Waals surface area contributed by atoms with Gasteiger partial charge in [0.05, 0.1) is 6.07 Å². The lowest BCUT2D eigenvalue weighted by molar-refractivity contribution is 0.0487. The van der Waals surface area contributed by atoms with E-state index in [2.05, 4.69) is 5.32 Å². The Morgan fingerprint density at radius 1 is 1.27 bits per heavy atom. The maximum atomic E-state index is 11.4. The van der Waals surface area contributed by atoms with Gasteiger partial charge >= 0.3 is 6.09 Å². The average molecular weight is 212 g/mol. The zero-order valence-corrected chi connectivity index (χ0v) is 10.3. The predicted octanol–water partition coefficient (Wildman–Crippen LogP) is 2.45. The highest BCUT2D eigenvalue weighted by atomic mass is 16.6. The zero-order valence-electron chi connectivity index (χ0n) is 10.3. The molecule has 0 saturated heterocycles. The Balaban J connectivity index is 4.36. The van der Waals surface area contributed by atoms with Crippen molar-refractivity contribution in [2.24, 2.45) is 5.41 Å². The second-order valence-electron chi connectivity index (χ2n) is 5.57. The second-order valence-corrected chi connectivity index (χ2v) is 5.57. The lowest BCUT2D eigenvalue weighted by atomic mass is 9.88. The van der Waals surface area contributed by atoms with Gasteiger partial charge in [-0.2, -0.15) is 5.26 Å². The molecule has 0 aliphatic carbocycles. The Bertz CT molecular complexity index is 266. The minimum atomic E-state index is -0.552.